The van der Waals surface area contributed by atoms with E-state index in [0.717, 1.165) is 6.07 Å². The van der Waals surface area contributed by atoms with Gasteiger partial charge in [-0.3, -0.25) is 29.4 Å². The van der Waals surface area contributed by atoms with Crippen LogP contribution in [-0.4, -0.2) is 46.0 Å². The van der Waals surface area contributed by atoms with Gasteiger partial charge in [0.25, 0.3) is 11.1 Å². The lowest BCUT2D eigenvalue weighted by atomic mass is 10.1. The lowest BCUT2D eigenvalue weighted by Gasteiger charge is -2.13. The summed E-state index contributed by atoms with van der Waals surface area (Å²) in [5, 5.41) is 13.3. The highest BCUT2D eigenvalue weighted by Gasteiger charge is 2.37. The fraction of sp³-hybridized carbons (Fsp3) is 0.143. The van der Waals surface area contributed by atoms with Crippen LogP contribution in [0.4, 0.5) is 29.3 Å². The van der Waals surface area contributed by atoms with Crippen molar-refractivity contribution in [2.24, 2.45) is 0 Å². The number of hydrogen-bond donors (Lipinski definition) is 1. The highest BCUT2D eigenvalue weighted by molar-refractivity contribution is 8.18. The molecule has 0 radical (unpaired) electrons. The zero-order chi connectivity index (χ0) is 32.2. The zero-order valence-electron chi connectivity index (χ0n) is 22.3. The fourth-order valence-corrected chi connectivity index (χ4v) is 4.85. The fourth-order valence-electron chi connectivity index (χ4n) is 3.82. The van der Waals surface area contributed by atoms with Crippen LogP contribution < -0.4 is 10.1 Å². The summed E-state index contributed by atoms with van der Waals surface area (Å²) in [6, 6.07) is 11.7. The quantitative estimate of drug-likeness (QED) is 0.113. The highest BCUT2D eigenvalue weighted by atomic mass is 35.5. The number of hydrogen-bond acceptors (Lipinski definition) is 9. The van der Waals surface area contributed by atoms with Gasteiger partial charge in [-0.05, 0) is 61.2 Å². The second-order valence-corrected chi connectivity index (χ2v) is 10.2. The number of nitro benzene ring substituents is 1. The van der Waals surface area contributed by atoms with E-state index in [4.69, 9.17) is 21.1 Å². The summed E-state index contributed by atoms with van der Waals surface area (Å²) in [6.45, 7) is 1.04. The summed E-state index contributed by atoms with van der Waals surface area (Å²) in [6.07, 6.45) is -3.57. The molecule has 228 valence electrons. The van der Waals surface area contributed by atoms with Gasteiger partial charge in [-0.2, -0.15) is 13.2 Å². The van der Waals surface area contributed by atoms with Crippen molar-refractivity contribution in [3.63, 3.8) is 0 Å². The molecule has 16 heteroatoms. The summed E-state index contributed by atoms with van der Waals surface area (Å²) >= 11 is 6.54. The van der Waals surface area contributed by atoms with Gasteiger partial charge in [0.15, 0.2) is 0 Å². The predicted octanol–water partition coefficient (Wildman–Crippen LogP) is 6.91. The third-order valence-electron chi connectivity index (χ3n) is 5.83. The molecule has 1 N–H and O–H groups in total. The average Bonchev–Trinajstić information content (AvgIpc) is 3.21. The standard InChI is InChI=1S/C28H19ClF3N3O8S/c1-2-42-26(38)18-13-17(8-9-19(18)29)33-24(36)14-34-25(37)23(44-27(34)39)11-15-5-3-4-6-21(15)43-22-10-7-16(28(30,31)32)12-20(22)35(40)41/h3-13H,2,14H2,1H3,(H,33,36)/b23-11+. The Balaban J connectivity index is 1.52. The first kappa shape index (κ1) is 32.0. The van der Waals surface area contributed by atoms with E-state index in [0.29, 0.717) is 28.8 Å². The minimum Gasteiger partial charge on any atom is -0.462 e. The van der Waals surface area contributed by atoms with E-state index < -0.39 is 57.7 Å². The van der Waals surface area contributed by atoms with Gasteiger partial charge in [0, 0.05) is 17.3 Å². The lowest BCUT2D eigenvalue weighted by molar-refractivity contribution is -0.385. The van der Waals surface area contributed by atoms with Gasteiger partial charge in [0.1, 0.15) is 12.3 Å². The van der Waals surface area contributed by atoms with E-state index in [-0.39, 0.29) is 39.1 Å². The van der Waals surface area contributed by atoms with Crippen molar-refractivity contribution in [2.45, 2.75) is 13.1 Å². The Bertz CT molecular complexity index is 1710. The second-order valence-electron chi connectivity index (χ2n) is 8.81. The third kappa shape index (κ3) is 7.36. The van der Waals surface area contributed by atoms with E-state index in [2.05, 4.69) is 5.32 Å². The molecule has 44 heavy (non-hydrogen) atoms. The van der Waals surface area contributed by atoms with E-state index in [1.807, 2.05) is 0 Å². The molecule has 1 aliphatic heterocycles. The van der Waals surface area contributed by atoms with Crippen LogP contribution in [0.25, 0.3) is 6.08 Å². The van der Waals surface area contributed by atoms with Crippen LogP contribution in [0.15, 0.2) is 65.6 Å². The molecular weight excluding hydrogens is 631 g/mol. The van der Waals surface area contributed by atoms with Gasteiger partial charge < -0.3 is 14.8 Å². The van der Waals surface area contributed by atoms with Crippen molar-refractivity contribution >= 4 is 63.8 Å². The molecular formula is C28H19ClF3N3O8S. The maximum Gasteiger partial charge on any atom is 0.416 e. The molecule has 0 unspecified atom stereocenters. The van der Waals surface area contributed by atoms with Crippen LogP contribution in [-0.2, 0) is 20.5 Å². The summed E-state index contributed by atoms with van der Waals surface area (Å²) in [7, 11) is 0. The molecule has 0 saturated carbocycles. The number of esters is 1. The number of ether oxygens (including phenoxy) is 2. The molecule has 1 aliphatic rings. The number of para-hydroxylation sites is 1. The Morgan fingerprint density at radius 3 is 2.50 bits per heavy atom. The number of nitro groups is 1. The molecule has 4 rings (SSSR count). The Kier molecular flexibility index (Phi) is 9.59. The minimum absolute atomic E-state index is 0.00271. The smallest absolute Gasteiger partial charge is 0.416 e. The van der Waals surface area contributed by atoms with Crippen molar-refractivity contribution in [2.75, 3.05) is 18.5 Å². The summed E-state index contributed by atoms with van der Waals surface area (Å²) < 4.78 is 49.7. The van der Waals surface area contributed by atoms with E-state index >= 15 is 0 Å². The Hall–Kier alpha value is -4.89. The first-order valence-corrected chi connectivity index (χ1v) is 13.6. The minimum atomic E-state index is -4.82. The number of halogens is 4. The number of anilines is 1. The van der Waals surface area contributed by atoms with Crippen LogP contribution in [0.2, 0.25) is 5.02 Å². The molecule has 0 atom stereocenters. The topological polar surface area (TPSA) is 145 Å². The van der Waals surface area contributed by atoms with Crippen LogP contribution >= 0.6 is 23.4 Å². The Morgan fingerprint density at radius 1 is 1.09 bits per heavy atom. The Morgan fingerprint density at radius 2 is 1.82 bits per heavy atom. The lowest BCUT2D eigenvalue weighted by Crippen LogP contribution is -2.36. The molecule has 0 aromatic heterocycles. The molecule has 1 fully saturated rings. The normalized spacial score (nSPS) is 14.1. The number of rotatable bonds is 9. The molecule has 3 amide bonds. The molecule has 3 aromatic carbocycles. The van der Waals surface area contributed by atoms with Crippen LogP contribution in [0.3, 0.4) is 0 Å². The second kappa shape index (κ2) is 13.2. The number of nitrogens with zero attached hydrogens (tertiary/aromatic N) is 2. The third-order valence-corrected chi connectivity index (χ3v) is 7.07. The van der Waals surface area contributed by atoms with Crippen LogP contribution in [0, 0.1) is 10.1 Å². The molecule has 1 saturated heterocycles. The van der Waals surface area contributed by atoms with Crippen molar-refractivity contribution in [1.82, 2.24) is 4.90 Å². The molecule has 11 nitrogen and oxygen atoms in total. The summed E-state index contributed by atoms with van der Waals surface area (Å²) in [5.74, 6) is -2.83. The first-order chi connectivity index (χ1) is 20.8. The Labute approximate surface area is 255 Å². The van der Waals surface area contributed by atoms with Gasteiger partial charge in [0.05, 0.1) is 32.6 Å². The maximum atomic E-state index is 13.1. The number of carbonyl (C=O) groups excluding carboxylic acids is 4. The molecule has 3 aromatic rings. The predicted molar refractivity (Wildman–Crippen MR) is 153 cm³/mol. The van der Waals surface area contributed by atoms with Crippen molar-refractivity contribution in [1.29, 1.82) is 0 Å². The van der Waals surface area contributed by atoms with E-state index in [9.17, 15) is 42.5 Å². The largest absolute Gasteiger partial charge is 0.462 e. The number of nitrogens with one attached hydrogen (secondary N) is 1. The van der Waals surface area contributed by atoms with Gasteiger partial charge >= 0.3 is 17.8 Å². The zero-order valence-corrected chi connectivity index (χ0v) is 23.9. The monoisotopic (exact) mass is 649 g/mol. The van der Waals surface area contributed by atoms with Crippen molar-refractivity contribution in [3.8, 4) is 11.5 Å². The molecule has 0 bridgehead atoms. The van der Waals surface area contributed by atoms with Crippen LogP contribution in [0.1, 0.15) is 28.4 Å². The van der Waals surface area contributed by atoms with Crippen molar-refractivity contribution in [3.05, 3.63) is 97.4 Å². The van der Waals surface area contributed by atoms with Crippen molar-refractivity contribution < 1.29 is 46.7 Å². The number of thioether (sulfide) groups is 1. The van der Waals surface area contributed by atoms with E-state index in [1.54, 1.807) is 6.92 Å². The molecule has 0 aliphatic carbocycles. The van der Waals surface area contributed by atoms with E-state index in [1.165, 1.54) is 48.5 Å². The maximum absolute atomic E-state index is 13.1. The summed E-state index contributed by atoms with van der Waals surface area (Å²) in [5.41, 5.74) is -1.84. The van der Waals surface area contributed by atoms with Gasteiger partial charge in [-0.15, -0.1) is 0 Å². The number of amides is 3. The van der Waals surface area contributed by atoms with Crippen LogP contribution in [0.5, 0.6) is 11.5 Å². The number of carbonyl (C=O) groups is 4. The number of benzene rings is 3. The SMILES string of the molecule is CCOC(=O)c1cc(NC(=O)CN2C(=O)S/C(=C/c3ccccc3Oc3ccc(C(F)(F)F)cc3[N+](=O)[O-])C2=O)ccc1Cl. The highest BCUT2D eigenvalue weighted by Crippen LogP contribution is 2.40. The average molecular weight is 650 g/mol. The molecule has 0 spiro atoms. The number of imide groups is 1. The molecule has 1 heterocycles. The first-order valence-electron chi connectivity index (χ1n) is 12.4. The number of alkyl halides is 3. The van der Waals surface area contributed by atoms with Gasteiger partial charge in [-0.25, -0.2) is 4.79 Å². The van der Waals surface area contributed by atoms with Gasteiger partial charge in [-0.1, -0.05) is 29.8 Å². The summed E-state index contributed by atoms with van der Waals surface area (Å²) in [4.78, 5) is 61.4. The van der Waals surface area contributed by atoms with Gasteiger partial charge in [0.2, 0.25) is 11.7 Å².